The van der Waals surface area contributed by atoms with Crippen LogP contribution in [0.3, 0.4) is 0 Å². The molecule has 0 N–H and O–H groups in total. The van der Waals surface area contributed by atoms with E-state index in [-0.39, 0.29) is 0 Å². The molecule has 1 aromatic rings. The summed E-state index contributed by atoms with van der Waals surface area (Å²) in [5.41, 5.74) is 1.25. The van der Waals surface area contributed by atoms with Crippen molar-refractivity contribution >= 4 is 22.6 Å². The van der Waals surface area contributed by atoms with Crippen molar-refractivity contribution in [2.24, 2.45) is 0 Å². The zero-order chi connectivity index (χ0) is 8.10. The van der Waals surface area contributed by atoms with Crippen LogP contribution in [0.2, 0.25) is 0 Å². The topological polar surface area (TPSA) is 12.9 Å². The molecule has 0 amide bonds. The summed E-state index contributed by atoms with van der Waals surface area (Å²) in [6, 6.07) is 4.09. The molecule has 1 nitrogen and oxygen atoms in total. The van der Waals surface area contributed by atoms with E-state index < -0.39 is 0 Å². The average molecular weight is 261 g/mol. The lowest BCUT2D eigenvalue weighted by molar-refractivity contribution is 0.773. The van der Waals surface area contributed by atoms with Crippen molar-refractivity contribution in [3.63, 3.8) is 0 Å². The second-order valence-corrected chi connectivity index (χ2v) is 3.70. The largest absolute Gasteiger partial charge is 0.260 e. The van der Waals surface area contributed by atoms with E-state index in [1.807, 2.05) is 12.3 Å². The molecule has 0 aliphatic carbocycles. The van der Waals surface area contributed by atoms with Gasteiger partial charge in [0, 0.05) is 9.77 Å². The number of halogens is 1. The Bertz CT molecular complexity index is 223. The maximum Gasteiger partial charge on any atom is 0.0536 e. The van der Waals surface area contributed by atoms with Crippen LogP contribution in [0, 0.1) is 3.57 Å². The molecule has 0 saturated carbocycles. The Kier molecular flexibility index (Phi) is 3.83. The molecular formula is C9H12IN. The van der Waals surface area contributed by atoms with E-state index in [2.05, 4.69) is 40.6 Å². The van der Waals surface area contributed by atoms with Crippen molar-refractivity contribution in [1.82, 2.24) is 4.98 Å². The predicted octanol–water partition coefficient (Wildman–Crippen LogP) is 3.03. The van der Waals surface area contributed by atoms with Gasteiger partial charge in [-0.3, -0.25) is 4.98 Å². The average Bonchev–Trinajstić information content (AvgIpc) is 2.03. The summed E-state index contributed by atoms with van der Waals surface area (Å²) < 4.78 is 1.29. The normalized spacial score (nSPS) is 10.0. The quantitative estimate of drug-likeness (QED) is 0.762. The van der Waals surface area contributed by atoms with Crippen molar-refractivity contribution in [2.75, 3.05) is 0 Å². The second-order valence-electron chi connectivity index (χ2n) is 2.54. The third kappa shape index (κ3) is 2.77. The fourth-order valence-electron chi connectivity index (χ4n) is 0.947. The molecule has 0 spiro atoms. The van der Waals surface area contributed by atoms with E-state index >= 15 is 0 Å². The SMILES string of the molecule is CCCCc1ncccc1I. The summed E-state index contributed by atoms with van der Waals surface area (Å²) >= 11 is 2.34. The Morgan fingerprint density at radius 2 is 2.36 bits per heavy atom. The Morgan fingerprint density at radius 3 is 3.00 bits per heavy atom. The summed E-state index contributed by atoms with van der Waals surface area (Å²) in [7, 11) is 0. The van der Waals surface area contributed by atoms with Crippen molar-refractivity contribution in [2.45, 2.75) is 26.2 Å². The summed E-state index contributed by atoms with van der Waals surface area (Å²) in [5, 5.41) is 0. The number of nitrogens with zero attached hydrogens (tertiary/aromatic N) is 1. The molecule has 0 fully saturated rings. The van der Waals surface area contributed by atoms with Crippen LogP contribution in [0.25, 0.3) is 0 Å². The van der Waals surface area contributed by atoms with Gasteiger partial charge in [-0.15, -0.1) is 0 Å². The van der Waals surface area contributed by atoms with Gasteiger partial charge in [0.15, 0.2) is 0 Å². The zero-order valence-corrected chi connectivity index (χ0v) is 8.84. The minimum atomic E-state index is 1.12. The number of hydrogen-bond acceptors (Lipinski definition) is 1. The van der Waals surface area contributed by atoms with E-state index in [0.29, 0.717) is 0 Å². The first kappa shape index (κ1) is 8.97. The summed E-state index contributed by atoms with van der Waals surface area (Å²) in [4.78, 5) is 4.31. The van der Waals surface area contributed by atoms with E-state index in [9.17, 15) is 0 Å². The number of pyridine rings is 1. The molecule has 0 saturated heterocycles. The summed E-state index contributed by atoms with van der Waals surface area (Å²) in [5.74, 6) is 0. The number of aromatic nitrogens is 1. The van der Waals surface area contributed by atoms with E-state index in [0.717, 1.165) is 6.42 Å². The van der Waals surface area contributed by atoms with Gasteiger partial charge < -0.3 is 0 Å². The van der Waals surface area contributed by atoms with Crippen molar-refractivity contribution in [3.05, 3.63) is 27.6 Å². The highest BCUT2D eigenvalue weighted by Gasteiger charge is 1.97. The van der Waals surface area contributed by atoms with Crippen molar-refractivity contribution in [3.8, 4) is 0 Å². The number of unbranched alkanes of at least 4 members (excludes halogenated alkanes) is 1. The molecule has 2 heteroatoms. The lowest BCUT2D eigenvalue weighted by Crippen LogP contribution is -1.92. The van der Waals surface area contributed by atoms with Gasteiger partial charge in [0.2, 0.25) is 0 Å². The standard InChI is InChI=1S/C9H12IN/c1-2-3-6-9-8(10)5-4-7-11-9/h4-5,7H,2-3,6H2,1H3. The van der Waals surface area contributed by atoms with Gasteiger partial charge in [-0.2, -0.15) is 0 Å². The van der Waals surface area contributed by atoms with Crippen LogP contribution in [-0.4, -0.2) is 4.98 Å². The molecule has 0 unspecified atom stereocenters. The molecule has 1 aromatic heterocycles. The molecular weight excluding hydrogens is 249 g/mol. The lowest BCUT2D eigenvalue weighted by atomic mass is 10.2. The minimum Gasteiger partial charge on any atom is -0.260 e. The van der Waals surface area contributed by atoms with Crippen LogP contribution in [0.4, 0.5) is 0 Å². The minimum absolute atomic E-state index is 1.12. The highest BCUT2D eigenvalue weighted by atomic mass is 127. The van der Waals surface area contributed by atoms with Crippen LogP contribution in [0.1, 0.15) is 25.5 Å². The number of hydrogen-bond donors (Lipinski definition) is 0. The number of rotatable bonds is 3. The van der Waals surface area contributed by atoms with E-state index in [1.165, 1.54) is 22.1 Å². The van der Waals surface area contributed by atoms with Crippen LogP contribution in [-0.2, 0) is 6.42 Å². The molecule has 60 valence electrons. The van der Waals surface area contributed by atoms with Gasteiger partial charge in [-0.25, -0.2) is 0 Å². The Morgan fingerprint density at radius 1 is 1.55 bits per heavy atom. The second kappa shape index (κ2) is 4.70. The third-order valence-corrected chi connectivity index (χ3v) is 2.58. The first-order valence-corrected chi connectivity index (χ1v) is 5.02. The van der Waals surface area contributed by atoms with Gasteiger partial charge in [0.05, 0.1) is 5.69 Å². The molecule has 0 aromatic carbocycles. The lowest BCUT2D eigenvalue weighted by Gasteiger charge is -2.00. The van der Waals surface area contributed by atoms with Crippen LogP contribution in [0.15, 0.2) is 18.3 Å². The monoisotopic (exact) mass is 261 g/mol. The van der Waals surface area contributed by atoms with Gasteiger partial charge >= 0.3 is 0 Å². The van der Waals surface area contributed by atoms with Crippen molar-refractivity contribution in [1.29, 1.82) is 0 Å². The van der Waals surface area contributed by atoms with Crippen LogP contribution in [0.5, 0.6) is 0 Å². The molecule has 1 heterocycles. The molecule has 0 aliphatic heterocycles. The predicted molar refractivity (Wildman–Crippen MR) is 55.6 cm³/mol. The van der Waals surface area contributed by atoms with Crippen molar-refractivity contribution < 1.29 is 0 Å². The molecule has 0 aliphatic rings. The van der Waals surface area contributed by atoms with Gasteiger partial charge in [-0.1, -0.05) is 13.3 Å². The van der Waals surface area contributed by atoms with Crippen LogP contribution >= 0.6 is 22.6 Å². The van der Waals surface area contributed by atoms with Gasteiger partial charge in [0.1, 0.15) is 0 Å². The Balaban J connectivity index is 2.62. The molecule has 0 atom stereocenters. The van der Waals surface area contributed by atoms with Gasteiger partial charge in [-0.05, 0) is 47.6 Å². The third-order valence-electron chi connectivity index (χ3n) is 1.60. The zero-order valence-electron chi connectivity index (χ0n) is 6.68. The maximum atomic E-state index is 4.31. The fraction of sp³-hybridized carbons (Fsp3) is 0.444. The Labute approximate surface area is 81.4 Å². The smallest absolute Gasteiger partial charge is 0.0536 e. The molecule has 0 radical (unpaired) electrons. The molecule has 1 rings (SSSR count). The van der Waals surface area contributed by atoms with Crippen LogP contribution < -0.4 is 0 Å². The fourth-order valence-corrected chi connectivity index (χ4v) is 1.56. The van der Waals surface area contributed by atoms with E-state index in [4.69, 9.17) is 0 Å². The first-order chi connectivity index (χ1) is 5.34. The first-order valence-electron chi connectivity index (χ1n) is 3.94. The highest BCUT2D eigenvalue weighted by molar-refractivity contribution is 14.1. The molecule has 0 bridgehead atoms. The number of aryl methyl sites for hydroxylation is 1. The van der Waals surface area contributed by atoms with Gasteiger partial charge in [0.25, 0.3) is 0 Å². The maximum absolute atomic E-state index is 4.31. The Hall–Kier alpha value is -0.120. The summed E-state index contributed by atoms with van der Waals surface area (Å²) in [6.45, 7) is 2.20. The van der Waals surface area contributed by atoms with E-state index in [1.54, 1.807) is 0 Å². The highest BCUT2D eigenvalue weighted by Crippen LogP contribution is 2.10. The summed E-state index contributed by atoms with van der Waals surface area (Å²) in [6.07, 6.45) is 5.47. The molecule has 11 heavy (non-hydrogen) atoms.